The number of rotatable bonds is 7. The van der Waals surface area contributed by atoms with Crippen LogP contribution < -0.4 is 20.9 Å². The largest absolute Gasteiger partial charge is 0.477 e. The Morgan fingerprint density at radius 1 is 0.969 bits per heavy atom. The van der Waals surface area contributed by atoms with Gasteiger partial charge in [-0.05, 0) is 26.3 Å². The van der Waals surface area contributed by atoms with Crippen LogP contribution in [-0.4, -0.2) is 36.5 Å². The van der Waals surface area contributed by atoms with E-state index in [1.807, 2.05) is 48.5 Å². The predicted molar refractivity (Wildman–Crippen MR) is 131 cm³/mol. The van der Waals surface area contributed by atoms with E-state index in [-0.39, 0.29) is 23.6 Å². The molecule has 0 fully saturated rings. The third-order valence-corrected chi connectivity index (χ3v) is 3.45. The monoisotopic (exact) mass is 451 g/mol. The average Bonchev–Trinajstić information content (AvgIpc) is 2.82. The molecule has 1 heterocycles. The van der Waals surface area contributed by atoms with Crippen molar-refractivity contribution in [3.05, 3.63) is 40.9 Å². The summed E-state index contributed by atoms with van der Waals surface area (Å²) >= 11 is 0. The second kappa shape index (κ2) is 23.9. The number of allylic oxidation sites excluding steroid dienone is 1. The van der Waals surface area contributed by atoms with Crippen molar-refractivity contribution in [3.8, 4) is 12.8 Å². The number of pyridine rings is 1. The van der Waals surface area contributed by atoms with Crippen molar-refractivity contribution in [2.75, 3.05) is 13.6 Å². The third kappa shape index (κ3) is 16.5. The van der Waals surface area contributed by atoms with Gasteiger partial charge in [-0.1, -0.05) is 47.1 Å². The molecule has 0 unspecified atom stereocenters. The Bertz CT molecular complexity index is 722. The number of aromatic nitrogens is 1. The molecular formula is C24H43N4O4+. The molecule has 0 aliphatic heterocycles. The van der Waals surface area contributed by atoms with E-state index in [1.54, 1.807) is 6.92 Å². The van der Waals surface area contributed by atoms with E-state index in [0.717, 1.165) is 5.57 Å². The average molecular weight is 452 g/mol. The van der Waals surface area contributed by atoms with E-state index >= 15 is 0 Å². The Labute approximate surface area is 194 Å². The highest BCUT2D eigenvalue weighted by Crippen LogP contribution is 2.04. The van der Waals surface area contributed by atoms with Crippen molar-refractivity contribution in [1.82, 2.24) is 10.6 Å². The molecule has 5 N–H and O–H groups in total. The van der Waals surface area contributed by atoms with E-state index < -0.39 is 11.9 Å². The minimum Gasteiger partial charge on any atom is -0.477 e. The summed E-state index contributed by atoms with van der Waals surface area (Å²) in [6.07, 6.45) is 11.4. The first kappa shape index (κ1) is 36.1. The minimum absolute atomic E-state index is 0.209. The number of nitrogens with one attached hydrogen (secondary N) is 2. The lowest BCUT2D eigenvalue weighted by Gasteiger charge is -2.07. The lowest BCUT2D eigenvalue weighted by Crippen LogP contribution is -2.40. The zero-order valence-electron chi connectivity index (χ0n) is 21.2. The molecule has 1 aromatic heterocycles. The van der Waals surface area contributed by atoms with Gasteiger partial charge in [0.2, 0.25) is 6.54 Å². The molecule has 0 aromatic carbocycles. The quantitative estimate of drug-likeness (QED) is 0.374. The van der Waals surface area contributed by atoms with Gasteiger partial charge in [-0.15, -0.1) is 12.8 Å². The maximum Gasteiger partial charge on any atom is 0.370 e. The normalized spacial score (nSPS) is 9.22. The Hall–Kier alpha value is -3.34. The molecule has 8 heteroatoms. The van der Waals surface area contributed by atoms with Crippen LogP contribution in [0.25, 0.3) is 0 Å². The first-order chi connectivity index (χ1) is 15.2. The van der Waals surface area contributed by atoms with Crippen molar-refractivity contribution in [3.63, 3.8) is 0 Å². The van der Waals surface area contributed by atoms with Crippen molar-refractivity contribution in [2.45, 2.75) is 68.4 Å². The Kier molecular flexibility index (Phi) is 27.0. The summed E-state index contributed by atoms with van der Waals surface area (Å²) < 4.78 is 1.29. The van der Waals surface area contributed by atoms with Gasteiger partial charge in [-0.25, -0.2) is 4.79 Å². The van der Waals surface area contributed by atoms with Crippen LogP contribution in [0, 0.1) is 12.8 Å². The molecule has 8 nitrogen and oxygen atoms in total. The van der Waals surface area contributed by atoms with Crippen LogP contribution in [0.15, 0.2) is 29.7 Å². The molecule has 0 spiro atoms. The van der Waals surface area contributed by atoms with Crippen LogP contribution in [0.2, 0.25) is 0 Å². The molecule has 0 bridgehead atoms. The number of carbonyl (C=O) groups excluding carboxylic acids is 2. The fraction of sp³-hybridized carbons (Fsp3) is 0.500. The molecule has 0 saturated carbocycles. The zero-order valence-corrected chi connectivity index (χ0v) is 21.2. The summed E-state index contributed by atoms with van der Waals surface area (Å²) in [5.41, 5.74) is 7.78. The number of hydrogen-bond donors (Lipinski definition) is 4. The molecule has 0 radical (unpaired) electrons. The third-order valence-electron chi connectivity index (χ3n) is 3.45. The van der Waals surface area contributed by atoms with Gasteiger partial charge in [0.1, 0.15) is 11.1 Å². The van der Waals surface area contributed by atoms with E-state index in [0.29, 0.717) is 18.7 Å². The first-order valence-electron chi connectivity index (χ1n) is 10.8. The van der Waals surface area contributed by atoms with Crippen molar-refractivity contribution < 1.29 is 24.1 Å². The summed E-state index contributed by atoms with van der Waals surface area (Å²) in [7, 11) is 1.46. The molecule has 0 atom stereocenters. The fourth-order valence-electron chi connectivity index (χ4n) is 1.94. The molecule has 0 aliphatic carbocycles. The number of nitrogens with two attached hydrogens (primary N) is 1. The SMILES string of the molecule is C#C.CC.CC.CC.CNC(=O)c1cc(C(=O)NCC/C(C)=C(/C)N)c[n+](CC(=O)O)c1. The number of carboxylic acid groups (broad SMARTS) is 1. The van der Waals surface area contributed by atoms with Crippen LogP contribution >= 0.6 is 0 Å². The second-order valence-corrected chi connectivity index (χ2v) is 5.43. The second-order valence-electron chi connectivity index (χ2n) is 5.43. The van der Waals surface area contributed by atoms with Crippen LogP contribution in [-0.2, 0) is 11.3 Å². The van der Waals surface area contributed by atoms with E-state index in [1.165, 1.54) is 30.1 Å². The number of carbonyl (C=O) groups is 3. The van der Waals surface area contributed by atoms with Gasteiger partial charge < -0.3 is 21.5 Å². The van der Waals surface area contributed by atoms with Gasteiger partial charge >= 0.3 is 5.97 Å². The molecule has 2 amide bonds. The maximum absolute atomic E-state index is 12.2. The van der Waals surface area contributed by atoms with Gasteiger partial charge in [0.15, 0.2) is 12.4 Å². The van der Waals surface area contributed by atoms with Gasteiger partial charge in [0.25, 0.3) is 11.8 Å². The predicted octanol–water partition coefficient (Wildman–Crippen LogP) is 3.12. The van der Waals surface area contributed by atoms with Gasteiger partial charge in [0.05, 0.1) is 0 Å². The smallest absolute Gasteiger partial charge is 0.370 e. The summed E-state index contributed by atoms with van der Waals surface area (Å²) in [6, 6.07) is 1.42. The molecule has 0 saturated heterocycles. The number of hydrogen-bond acceptors (Lipinski definition) is 4. The first-order valence-corrected chi connectivity index (χ1v) is 10.8. The van der Waals surface area contributed by atoms with Gasteiger partial charge in [-0.3, -0.25) is 9.59 Å². The Morgan fingerprint density at radius 3 is 1.78 bits per heavy atom. The lowest BCUT2D eigenvalue weighted by atomic mass is 10.1. The Morgan fingerprint density at radius 2 is 1.41 bits per heavy atom. The minimum atomic E-state index is -1.07. The van der Waals surface area contributed by atoms with Crippen LogP contribution in [0.1, 0.15) is 82.5 Å². The van der Waals surface area contributed by atoms with Crippen molar-refractivity contribution in [2.24, 2.45) is 5.73 Å². The zero-order chi connectivity index (χ0) is 26.3. The van der Waals surface area contributed by atoms with E-state index in [2.05, 4.69) is 23.5 Å². The molecule has 182 valence electrons. The van der Waals surface area contributed by atoms with E-state index in [9.17, 15) is 14.4 Å². The molecule has 32 heavy (non-hydrogen) atoms. The van der Waals surface area contributed by atoms with Gasteiger partial charge in [0, 0.05) is 19.3 Å². The maximum atomic E-state index is 12.2. The van der Waals surface area contributed by atoms with Crippen LogP contribution in [0.5, 0.6) is 0 Å². The van der Waals surface area contributed by atoms with Crippen LogP contribution in [0.3, 0.4) is 0 Å². The van der Waals surface area contributed by atoms with E-state index in [4.69, 9.17) is 10.8 Å². The number of carboxylic acids is 1. The van der Waals surface area contributed by atoms with Crippen LogP contribution in [0.4, 0.5) is 0 Å². The summed E-state index contributed by atoms with van der Waals surface area (Å²) in [6.45, 7) is 15.7. The van der Waals surface area contributed by atoms with Gasteiger partial charge in [-0.2, -0.15) is 4.57 Å². The number of aliphatic carboxylic acids is 1. The fourth-order valence-corrected chi connectivity index (χ4v) is 1.94. The Balaban J connectivity index is -0.000000439. The molecule has 1 rings (SSSR count). The summed E-state index contributed by atoms with van der Waals surface area (Å²) in [5.74, 6) is -1.86. The number of amides is 2. The van der Waals surface area contributed by atoms with Crippen molar-refractivity contribution in [1.29, 1.82) is 0 Å². The summed E-state index contributed by atoms with van der Waals surface area (Å²) in [5, 5.41) is 14.1. The van der Waals surface area contributed by atoms with Crippen molar-refractivity contribution >= 4 is 17.8 Å². The lowest BCUT2D eigenvalue weighted by molar-refractivity contribution is -0.686. The topological polar surface area (TPSA) is 125 Å². The molecule has 1 aromatic rings. The number of terminal acetylenes is 1. The summed E-state index contributed by atoms with van der Waals surface area (Å²) in [4.78, 5) is 34.9. The standard InChI is InChI=1S/C16H22N4O4.3C2H6.C2H2/c1-10(11(2)17)4-5-19-16(24)13-6-12(15(23)18-3)7-20(8-13)9-14(21)22;4*1-2/h6-8H,4-5,9,17H2,1-3H3,(H2-,18,19,21,22,23,24);3*1-2H3;1-2H/p+1/b11-10-;;;;. The molecular weight excluding hydrogens is 408 g/mol. The highest BCUT2D eigenvalue weighted by Gasteiger charge is 2.18. The highest BCUT2D eigenvalue weighted by atomic mass is 16.4. The molecule has 0 aliphatic rings. The number of nitrogens with zero attached hydrogens (tertiary/aromatic N) is 1. The highest BCUT2D eigenvalue weighted by molar-refractivity contribution is 5.98.